The Hall–Kier alpha value is -1.62. The molecular formula is C11H12N2O2S. The van der Waals surface area contributed by atoms with Crippen molar-refractivity contribution in [3.05, 3.63) is 39.9 Å². The van der Waals surface area contributed by atoms with Crippen LogP contribution in [0.25, 0.3) is 0 Å². The highest BCUT2D eigenvalue weighted by Crippen LogP contribution is 2.13. The highest BCUT2D eigenvalue weighted by Gasteiger charge is 2.14. The Bertz CT molecular complexity index is 476. The van der Waals surface area contributed by atoms with Gasteiger partial charge in [-0.05, 0) is 18.4 Å². The van der Waals surface area contributed by atoms with Gasteiger partial charge >= 0.3 is 0 Å². The van der Waals surface area contributed by atoms with Gasteiger partial charge in [0.2, 0.25) is 0 Å². The van der Waals surface area contributed by atoms with Gasteiger partial charge in [0.15, 0.2) is 5.76 Å². The molecule has 0 aromatic carbocycles. The third kappa shape index (κ3) is 2.30. The molecule has 0 saturated heterocycles. The second-order valence-corrected chi connectivity index (χ2v) is 4.52. The van der Waals surface area contributed by atoms with Crippen molar-refractivity contribution in [2.45, 2.75) is 13.5 Å². The van der Waals surface area contributed by atoms with Crippen LogP contribution in [0.5, 0.6) is 0 Å². The molecule has 0 N–H and O–H groups in total. The average molecular weight is 236 g/mol. The third-order valence-corrected chi connectivity index (χ3v) is 3.01. The van der Waals surface area contributed by atoms with Gasteiger partial charge in [0, 0.05) is 13.1 Å². The lowest BCUT2D eigenvalue weighted by Crippen LogP contribution is -2.25. The highest BCUT2D eigenvalue weighted by atomic mass is 32.1. The second-order valence-electron chi connectivity index (χ2n) is 3.57. The van der Waals surface area contributed by atoms with Gasteiger partial charge in [-0.3, -0.25) is 4.79 Å². The van der Waals surface area contributed by atoms with Crippen LogP contribution in [0.4, 0.5) is 0 Å². The molecule has 5 heteroatoms. The summed E-state index contributed by atoms with van der Waals surface area (Å²) in [5, 5.41) is 5.67. The zero-order valence-corrected chi connectivity index (χ0v) is 9.95. The van der Waals surface area contributed by atoms with Crippen LogP contribution in [0.3, 0.4) is 0 Å². The number of thiophene rings is 1. The second kappa shape index (κ2) is 4.49. The first-order chi connectivity index (χ1) is 7.66. The molecule has 0 unspecified atom stereocenters. The molecule has 0 fully saturated rings. The van der Waals surface area contributed by atoms with Gasteiger partial charge in [-0.25, -0.2) is 0 Å². The molecule has 16 heavy (non-hydrogen) atoms. The summed E-state index contributed by atoms with van der Waals surface area (Å²) in [5.41, 5.74) is 0.826. The Morgan fingerprint density at radius 2 is 2.44 bits per heavy atom. The maximum Gasteiger partial charge on any atom is 0.264 e. The topological polar surface area (TPSA) is 46.3 Å². The van der Waals surface area contributed by atoms with Gasteiger partial charge in [0.05, 0.1) is 17.1 Å². The van der Waals surface area contributed by atoms with E-state index in [1.165, 1.54) is 11.3 Å². The fraction of sp³-hybridized carbons (Fsp3) is 0.273. The number of carbonyl (C=O) groups is 1. The maximum absolute atomic E-state index is 11.9. The van der Waals surface area contributed by atoms with Crippen LogP contribution in [0, 0.1) is 6.92 Å². The van der Waals surface area contributed by atoms with Crippen molar-refractivity contribution in [1.29, 1.82) is 0 Å². The minimum Gasteiger partial charge on any atom is -0.359 e. The minimum absolute atomic E-state index is 0.00375. The summed E-state index contributed by atoms with van der Waals surface area (Å²) >= 11 is 1.44. The van der Waals surface area contributed by atoms with Crippen LogP contribution in [0.2, 0.25) is 0 Å². The predicted molar refractivity (Wildman–Crippen MR) is 61.4 cm³/mol. The molecule has 0 aliphatic heterocycles. The third-order valence-electron chi connectivity index (χ3n) is 2.15. The van der Waals surface area contributed by atoms with Crippen LogP contribution in [-0.4, -0.2) is 23.0 Å². The highest BCUT2D eigenvalue weighted by molar-refractivity contribution is 7.12. The van der Waals surface area contributed by atoms with Crippen molar-refractivity contribution in [3.8, 4) is 0 Å². The Kier molecular flexibility index (Phi) is 3.05. The Morgan fingerprint density at radius 1 is 1.62 bits per heavy atom. The van der Waals surface area contributed by atoms with E-state index < -0.39 is 0 Å². The number of amides is 1. The Balaban J connectivity index is 2.03. The lowest BCUT2D eigenvalue weighted by molar-refractivity contribution is 0.0777. The van der Waals surface area contributed by atoms with Gasteiger partial charge in [0.25, 0.3) is 5.91 Å². The summed E-state index contributed by atoms with van der Waals surface area (Å²) in [5.74, 6) is 0.703. The zero-order valence-electron chi connectivity index (χ0n) is 9.14. The molecule has 2 heterocycles. The number of carbonyl (C=O) groups excluding carboxylic acids is 1. The monoisotopic (exact) mass is 236 g/mol. The Labute approximate surface area is 97.5 Å². The van der Waals surface area contributed by atoms with Crippen LogP contribution in [0.1, 0.15) is 21.1 Å². The number of nitrogens with zero attached hydrogens (tertiary/aromatic N) is 2. The quantitative estimate of drug-likeness (QED) is 0.821. The van der Waals surface area contributed by atoms with Crippen molar-refractivity contribution in [2.24, 2.45) is 0 Å². The first-order valence-corrected chi connectivity index (χ1v) is 5.76. The van der Waals surface area contributed by atoms with E-state index in [0.717, 1.165) is 10.6 Å². The molecule has 0 atom stereocenters. The number of hydrogen-bond acceptors (Lipinski definition) is 4. The molecule has 4 nitrogen and oxygen atoms in total. The smallest absolute Gasteiger partial charge is 0.264 e. The van der Waals surface area contributed by atoms with Gasteiger partial charge in [-0.15, -0.1) is 11.3 Å². The van der Waals surface area contributed by atoms with E-state index in [-0.39, 0.29) is 5.91 Å². The minimum atomic E-state index is 0.00375. The van der Waals surface area contributed by atoms with Crippen LogP contribution < -0.4 is 0 Å². The fourth-order valence-electron chi connectivity index (χ4n) is 1.38. The van der Waals surface area contributed by atoms with Gasteiger partial charge in [-0.2, -0.15) is 0 Å². The number of aromatic nitrogens is 1. The average Bonchev–Trinajstić information content (AvgIpc) is 2.88. The Morgan fingerprint density at radius 3 is 3.00 bits per heavy atom. The van der Waals surface area contributed by atoms with Crippen molar-refractivity contribution in [2.75, 3.05) is 7.05 Å². The zero-order chi connectivity index (χ0) is 11.5. The first kappa shape index (κ1) is 10.9. The van der Waals surface area contributed by atoms with E-state index in [1.807, 2.05) is 30.5 Å². The number of hydrogen-bond donors (Lipinski definition) is 0. The summed E-state index contributed by atoms with van der Waals surface area (Å²) in [4.78, 5) is 14.2. The number of aryl methyl sites for hydroxylation is 1. The molecule has 0 aliphatic rings. The SMILES string of the molecule is Cc1cc(CN(C)C(=O)c2cccs2)on1. The summed E-state index contributed by atoms with van der Waals surface area (Å²) in [7, 11) is 1.75. The molecule has 84 valence electrons. The molecule has 2 rings (SSSR count). The van der Waals surface area contributed by atoms with Crippen molar-refractivity contribution >= 4 is 17.2 Å². The van der Waals surface area contributed by atoms with E-state index in [1.54, 1.807) is 11.9 Å². The summed E-state index contributed by atoms with van der Waals surface area (Å²) < 4.78 is 5.06. The lowest BCUT2D eigenvalue weighted by Gasteiger charge is -2.13. The first-order valence-electron chi connectivity index (χ1n) is 4.88. The largest absolute Gasteiger partial charge is 0.359 e. The van der Waals surface area contributed by atoms with Crippen LogP contribution in [-0.2, 0) is 6.54 Å². The summed E-state index contributed by atoms with van der Waals surface area (Å²) in [6.07, 6.45) is 0. The molecule has 2 aromatic heterocycles. The van der Waals surface area contributed by atoms with Crippen molar-refractivity contribution in [1.82, 2.24) is 10.1 Å². The molecule has 0 aliphatic carbocycles. The van der Waals surface area contributed by atoms with Crippen LogP contribution in [0.15, 0.2) is 28.1 Å². The predicted octanol–water partition coefficient (Wildman–Crippen LogP) is 2.32. The van der Waals surface area contributed by atoms with E-state index in [0.29, 0.717) is 12.3 Å². The summed E-state index contributed by atoms with van der Waals surface area (Å²) in [6.45, 7) is 2.30. The lowest BCUT2D eigenvalue weighted by atomic mass is 10.3. The summed E-state index contributed by atoms with van der Waals surface area (Å²) in [6, 6.07) is 5.51. The maximum atomic E-state index is 11.9. The van der Waals surface area contributed by atoms with E-state index >= 15 is 0 Å². The normalized spacial score (nSPS) is 10.4. The molecule has 2 aromatic rings. The van der Waals surface area contributed by atoms with Gasteiger partial charge in [-0.1, -0.05) is 11.2 Å². The van der Waals surface area contributed by atoms with E-state index in [9.17, 15) is 4.79 Å². The van der Waals surface area contributed by atoms with Crippen molar-refractivity contribution in [3.63, 3.8) is 0 Å². The number of rotatable bonds is 3. The molecule has 0 saturated carbocycles. The molecular weight excluding hydrogens is 224 g/mol. The molecule has 1 amide bonds. The standard InChI is InChI=1S/C11H12N2O2S/c1-8-6-9(15-12-8)7-13(2)11(14)10-4-3-5-16-10/h3-6H,7H2,1-2H3. The fourth-order valence-corrected chi connectivity index (χ4v) is 2.10. The molecule has 0 spiro atoms. The van der Waals surface area contributed by atoms with Crippen LogP contribution >= 0.6 is 11.3 Å². The van der Waals surface area contributed by atoms with E-state index in [2.05, 4.69) is 5.16 Å². The van der Waals surface area contributed by atoms with Gasteiger partial charge < -0.3 is 9.42 Å². The van der Waals surface area contributed by atoms with E-state index in [4.69, 9.17) is 4.52 Å². The van der Waals surface area contributed by atoms with Gasteiger partial charge in [0.1, 0.15) is 0 Å². The molecule has 0 radical (unpaired) electrons. The van der Waals surface area contributed by atoms with Crippen molar-refractivity contribution < 1.29 is 9.32 Å². The molecule has 0 bridgehead atoms.